The van der Waals surface area contributed by atoms with Gasteiger partial charge >= 0.3 is 0 Å². The molecule has 4 nitrogen and oxygen atoms in total. The lowest BCUT2D eigenvalue weighted by Crippen LogP contribution is -2.43. The number of ether oxygens (including phenoxy) is 2. The van der Waals surface area contributed by atoms with Gasteiger partial charge in [0.2, 0.25) is 0 Å². The van der Waals surface area contributed by atoms with E-state index in [4.69, 9.17) is 9.47 Å². The van der Waals surface area contributed by atoms with Crippen molar-refractivity contribution in [2.24, 2.45) is 0 Å². The highest BCUT2D eigenvalue weighted by Gasteiger charge is 2.16. The summed E-state index contributed by atoms with van der Waals surface area (Å²) in [5.74, 6) is 0.950. The Morgan fingerprint density at radius 3 is 3.00 bits per heavy atom. The van der Waals surface area contributed by atoms with E-state index in [1.54, 1.807) is 0 Å². The lowest BCUT2D eigenvalue weighted by atomic mass is 10.2. The van der Waals surface area contributed by atoms with Gasteiger partial charge in [0.25, 0.3) is 0 Å². The molecule has 1 aromatic rings. The van der Waals surface area contributed by atoms with Crippen molar-refractivity contribution < 1.29 is 9.47 Å². The van der Waals surface area contributed by atoms with Crippen LogP contribution in [0.15, 0.2) is 24.3 Å². The molecule has 0 bridgehead atoms. The average molecular weight is 262 g/mol. The van der Waals surface area contributed by atoms with E-state index in [1.807, 2.05) is 6.07 Å². The molecule has 2 aliphatic heterocycles. The van der Waals surface area contributed by atoms with E-state index in [0.29, 0.717) is 6.61 Å². The third-order valence-corrected chi connectivity index (χ3v) is 3.76. The van der Waals surface area contributed by atoms with Gasteiger partial charge < -0.3 is 19.7 Å². The van der Waals surface area contributed by atoms with Gasteiger partial charge in [0, 0.05) is 44.5 Å². The number of rotatable bonds is 4. The second-order valence-electron chi connectivity index (χ2n) is 5.18. The molecular formula is C15H22N2O2. The van der Waals surface area contributed by atoms with Gasteiger partial charge in [-0.3, -0.25) is 0 Å². The van der Waals surface area contributed by atoms with E-state index in [-0.39, 0.29) is 6.10 Å². The van der Waals surface area contributed by atoms with Crippen LogP contribution in [-0.4, -0.2) is 45.5 Å². The third kappa shape index (κ3) is 3.39. The molecule has 1 aromatic carbocycles. The molecule has 19 heavy (non-hydrogen) atoms. The standard InChI is InChI=1S/C15H22N2O2/c1-3-13(17-8-6-16-7-9-17)11-14(4-1)19-12-15-5-2-10-18-15/h1,3-4,11,15-16H,2,5-10,12H2. The highest BCUT2D eigenvalue weighted by atomic mass is 16.5. The van der Waals surface area contributed by atoms with Crippen LogP contribution in [0.5, 0.6) is 5.75 Å². The van der Waals surface area contributed by atoms with Gasteiger partial charge in [-0.2, -0.15) is 0 Å². The minimum atomic E-state index is 0.280. The van der Waals surface area contributed by atoms with E-state index in [9.17, 15) is 0 Å². The SMILES string of the molecule is c1cc(OCC2CCCO2)cc(N2CCNCC2)c1. The van der Waals surface area contributed by atoms with Crippen molar-refractivity contribution in [3.05, 3.63) is 24.3 Å². The summed E-state index contributed by atoms with van der Waals surface area (Å²) in [7, 11) is 0. The molecule has 0 saturated carbocycles. The quantitative estimate of drug-likeness (QED) is 0.894. The minimum absolute atomic E-state index is 0.280. The van der Waals surface area contributed by atoms with Gasteiger partial charge in [-0.25, -0.2) is 0 Å². The molecule has 3 rings (SSSR count). The van der Waals surface area contributed by atoms with E-state index < -0.39 is 0 Å². The van der Waals surface area contributed by atoms with Crippen molar-refractivity contribution in [1.29, 1.82) is 0 Å². The number of anilines is 1. The molecule has 0 radical (unpaired) electrons. The van der Waals surface area contributed by atoms with Crippen molar-refractivity contribution in [1.82, 2.24) is 5.32 Å². The summed E-state index contributed by atoms with van der Waals surface area (Å²) in [4.78, 5) is 2.40. The van der Waals surface area contributed by atoms with Crippen molar-refractivity contribution in [2.45, 2.75) is 18.9 Å². The van der Waals surface area contributed by atoms with Crippen molar-refractivity contribution in [2.75, 3.05) is 44.3 Å². The Balaban J connectivity index is 1.58. The predicted octanol–water partition coefficient (Wildman–Crippen LogP) is 1.65. The lowest BCUT2D eigenvalue weighted by Gasteiger charge is -2.29. The molecule has 0 aromatic heterocycles. The Kier molecular flexibility index (Phi) is 4.20. The van der Waals surface area contributed by atoms with E-state index in [1.165, 1.54) is 5.69 Å². The van der Waals surface area contributed by atoms with Gasteiger partial charge in [0.05, 0.1) is 6.10 Å². The Bertz CT molecular complexity index is 399. The molecule has 1 N–H and O–H groups in total. The summed E-state index contributed by atoms with van der Waals surface area (Å²) < 4.78 is 11.4. The largest absolute Gasteiger partial charge is 0.491 e. The second-order valence-corrected chi connectivity index (χ2v) is 5.18. The molecule has 0 aliphatic carbocycles. The smallest absolute Gasteiger partial charge is 0.121 e. The Hall–Kier alpha value is -1.26. The molecule has 2 fully saturated rings. The first-order valence-corrected chi connectivity index (χ1v) is 7.22. The van der Waals surface area contributed by atoms with Crippen LogP contribution in [0.3, 0.4) is 0 Å². The fraction of sp³-hybridized carbons (Fsp3) is 0.600. The van der Waals surface area contributed by atoms with E-state index in [2.05, 4.69) is 28.4 Å². The number of hydrogen-bond acceptors (Lipinski definition) is 4. The summed E-state index contributed by atoms with van der Waals surface area (Å²) >= 11 is 0. The van der Waals surface area contributed by atoms with Crippen LogP contribution >= 0.6 is 0 Å². The van der Waals surface area contributed by atoms with Crippen LogP contribution in [-0.2, 0) is 4.74 Å². The Morgan fingerprint density at radius 1 is 1.32 bits per heavy atom. The Morgan fingerprint density at radius 2 is 2.21 bits per heavy atom. The highest BCUT2D eigenvalue weighted by Crippen LogP contribution is 2.22. The first kappa shape index (κ1) is 12.8. The molecule has 104 valence electrons. The van der Waals surface area contributed by atoms with Crippen LogP contribution < -0.4 is 15.0 Å². The molecule has 0 spiro atoms. The van der Waals surface area contributed by atoms with Crippen molar-refractivity contribution in [3.63, 3.8) is 0 Å². The van der Waals surface area contributed by atoms with Crippen LogP contribution in [0.1, 0.15) is 12.8 Å². The summed E-state index contributed by atoms with van der Waals surface area (Å²) in [5, 5.41) is 3.37. The van der Waals surface area contributed by atoms with Gasteiger partial charge in [-0.05, 0) is 25.0 Å². The lowest BCUT2D eigenvalue weighted by molar-refractivity contribution is 0.0680. The normalized spacial score (nSPS) is 23.6. The molecule has 2 heterocycles. The number of hydrogen-bond donors (Lipinski definition) is 1. The predicted molar refractivity (Wildman–Crippen MR) is 76.0 cm³/mol. The minimum Gasteiger partial charge on any atom is -0.491 e. The van der Waals surface area contributed by atoms with Crippen molar-refractivity contribution >= 4 is 5.69 Å². The maximum atomic E-state index is 5.85. The van der Waals surface area contributed by atoms with Gasteiger partial charge in [0.15, 0.2) is 0 Å². The topological polar surface area (TPSA) is 33.7 Å². The van der Waals surface area contributed by atoms with E-state index >= 15 is 0 Å². The molecule has 4 heteroatoms. The van der Waals surface area contributed by atoms with Gasteiger partial charge in [-0.15, -0.1) is 0 Å². The monoisotopic (exact) mass is 262 g/mol. The maximum absolute atomic E-state index is 5.85. The molecule has 0 amide bonds. The van der Waals surface area contributed by atoms with Gasteiger partial charge in [-0.1, -0.05) is 6.07 Å². The number of benzene rings is 1. The molecule has 1 unspecified atom stereocenters. The fourth-order valence-corrected chi connectivity index (χ4v) is 2.66. The van der Waals surface area contributed by atoms with Crippen molar-refractivity contribution in [3.8, 4) is 5.75 Å². The Labute approximate surface area is 114 Å². The molecule has 2 saturated heterocycles. The highest BCUT2D eigenvalue weighted by molar-refractivity contribution is 5.51. The number of nitrogens with one attached hydrogen (secondary N) is 1. The zero-order valence-electron chi connectivity index (χ0n) is 11.3. The summed E-state index contributed by atoms with van der Waals surface area (Å²) in [6.07, 6.45) is 2.56. The summed E-state index contributed by atoms with van der Waals surface area (Å²) in [5.41, 5.74) is 1.26. The van der Waals surface area contributed by atoms with Crippen LogP contribution in [0, 0.1) is 0 Å². The van der Waals surface area contributed by atoms with E-state index in [0.717, 1.165) is 51.4 Å². The van der Waals surface area contributed by atoms with Crippen LogP contribution in [0.25, 0.3) is 0 Å². The second kappa shape index (κ2) is 6.26. The summed E-state index contributed by atoms with van der Waals surface area (Å²) in [6, 6.07) is 8.40. The number of nitrogens with zero attached hydrogens (tertiary/aromatic N) is 1. The van der Waals surface area contributed by atoms with Crippen LogP contribution in [0.2, 0.25) is 0 Å². The maximum Gasteiger partial charge on any atom is 0.121 e. The zero-order chi connectivity index (χ0) is 12.9. The molecule has 1 atom stereocenters. The average Bonchev–Trinajstić information content (AvgIpc) is 3.00. The molecular weight excluding hydrogens is 240 g/mol. The van der Waals surface area contributed by atoms with Gasteiger partial charge in [0.1, 0.15) is 12.4 Å². The zero-order valence-corrected chi connectivity index (χ0v) is 11.3. The number of piperazine rings is 1. The first-order chi connectivity index (χ1) is 9.42. The molecule has 2 aliphatic rings. The first-order valence-electron chi connectivity index (χ1n) is 7.22. The third-order valence-electron chi connectivity index (χ3n) is 3.76. The van der Waals surface area contributed by atoms with Crippen LogP contribution in [0.4, 0.5) is 5.69 Å². The fourth-order valence-electron chi connectivity index (χ4n) is 2.66. The summed E-state index contributed by atoms with van der Waals surface area (Å²) in [6.45, 7) is 5.80.